The molecular formula is C15H17N5. The highest BCUT2D eigenvalue weighted by Gasteiger charge is 2.10. The van der Waals surface area contributed by atoms with Crippen molar-refractivity contribution in [2.45, 2.75) is 26.4 Å². The number of benzene rings is 1. The average Bonchev–Trinajstić information content (AvgIpc) is 2.92. The second-order valence-electron chi connectivity index (χ2n) is 5.03. The molecule has 0 saturated carbocycles. The number of hydrogen-bond donors (Lipinski definition) is 1. The zero-order chi connectivity index (χ0) is 13.9. The summed E-state index contributed by atoms with van der Waals surface area (Å²) in [5.74, 6) is 0. The molecule has 1 aromatic carbocycles. The molecule has 102 valence electrons. The number of pyridine rings is 1. The molecule has 0 radical (unpaired) electrons. The largest absolute Gasteiger partial charge is 0.309 e. The molecule has 0 aliphatic heterocycles. The van der Waals surface area contributed by atoms with Gasteiger partial charge in [-0.1, -0.05) is 37.3 Å². The summed E-state index contributed by atoms with van der Waals surface area (Å²) in [7, 11) is 0. The molecule has 5 heteroatoms. The predicted molar refractivity (Wildman–Crippen MR) is 78.6 cm³/mol. The quantitative estimate of drug-likeness (QED) is 0.788. The predicted octanol–water partition coefficient (Wildman–Crippen LogP) is 2.31. The minimum atomic E-state index is 0.420. The topological polar surface area (TPSA) is 55.6 Å². The van der Waals surface area contributed by atoms with Crippen LogP contribution in [0.4, 0.5) is 0 Å². The van der Waals surface area contributed by atoms with Crippen molar-refractivity contribution in [2.75, 3.05) is 0 Å². The molecule has 0 atom stereocenters. The van der Waals surface area contributed by atoms with Crippen LogP contribution in [0.2, 0.25) is 0 Å². The molecule has 2 heterocycles. The number of fused-ring (bicyclic) bond motifs is 1. The SMILES string of the molecule is CC(C)NCc1cnnn1-c1cccc2cccnc12. The van der Waals surface area contributed by atoms with E-state index in [0.717, 1.165) is 28.8 Å². The molecule has 0 spiro atoms. The lowest BCUT2D eigenvalue weighted by Gasteiger charge is -2.11. The van der Waals surface area contributed by atoms with Gasteiger partial charge in [0, 0.05) is 24.2 Å². The Balaban J connectivity index is 2.05. The zero-order valence-electron chi connectivity index (χ0n) is 11.6. The average molecular weight is 267 g/mol. The van der Waals surface area contributed by atoms with Crippen molar-refractivity contribution in [1.29, 1.82) is 0 Å². The van der Waals surface area contributed by atoms with Crippen LogP contribution in [-0.4, -0.2) is 26.0 Å². The highest BCUT2D eigenvalue weighted by atomic mass is 15.4. The Morgan fingerprint density at radius 1 is 1.20 bits per heavy atom. The normalized spacial score (nSPS) is 11.3. The van der Waals surface area contributed by atoms with Gasteiger partial charge in [0.25, 0.3) is 0 Å². The maximum atomic E-state index is 4.46. The van der Waals surface area contributed by atoms with Gasteiger partial charge in [-0.05, 0) is 12.1 Å². The number of nitrogens with one attached hydrogen (secondary N) is 1. The standard InChI is InChI=1S/C15H17N5/c1-11(2)17-9-13-10-18-19-20(13)14-7-3-5-12-6-4-8-16-15(12)14/h3-8,10-11,17H,9H2,1-2H3. The monoisotopic (exact) mass is 267 g/mol. The van der Waals surface area contributed by atoms with Gasteiger partial charge >= 0.3 is 0 Å². The lowest BCUT2D eigenvalue weighted by molar-refractivity contribution is 0.570. The summed E-state index contributed by atoms with van der Waals surface area (Å²) in [5, 5.41) is 12.7. The zero-order valence-corrected chi connectivity index (χ0v) is 11.6. The van der Waals surface area contributed by atoms with Crippen LogP contribution in [0.15, 0.2) is 42.7 Å². The molecule has 0 aliphatic carbocycles. The molecule has 0 bridgehead atoms. The number of aromatic nitrogens is 4. The third-order valence-electron chi connectivity index (χ3n) is 3.15. The van der Waals surface area contributed by atoms with Crippen LogP contribution >= 0.6 is 0 Å². The summed E-state index contributed by atoms with van der Waals surface area (Å²) in [4.78, 5) is 4.46. The van der Waals surface area contributed by atoms with Crippen molar-refractivity contribution in [1.82, 2.24) is 25.3 Å². The first-order chi connectivity index (χ1) is 9.75. The van der Waals surface area contributed by atoms with E-state index in [1.165, 1.54) is 0 Å². The van der Waals surface area contributed by atoms with E-state index in [1.807, 2.05) is 22.9 Å². The van der Waals surface area contributed by atoms with Crippen LogP contribution in [0.3, 0.4) is 0 Å². The van der Waals surface area contributed by atoms with Crippen LogP contribution in [0, 0.1) is 0 Å². The van der Waals surface area contributed by atoms with Gasteiger partial charge in [-0.3, -0.25) is 4.98 Å². The Kier molecular flexibility index (Phi) is 3.43. The Morgan fingerprint density at radius 3 is 2.90 bits per heavy atom. The van der Waals surface area contributed by atoms with E-state index in [2.05, 4.69) is 46.6 Å². The van der Waals surface area contributed by atoms with Crippen molar-refractivity contribution in [3.8, 4) is 5.69 Å². The van der Waals surface area contributed by atoms with Gasteiger partial charge in [0.05, 0.1) is 23.1 Å². The fourth-order valence-corrected chi connectivity index (χ4v) is 2.15. The molecule has 0 amide bonds. The molecule has 3 rings (SSSR count). The van der Waals surface area contributed by atoms with Crippen molar-refractivity contribution in [3.63, 3.8) is 0 Å². The van der Waals surface area contributed by atoms with Gasteiger partial charge < -0.3 is 5.32 Å². The van der Waals surface area contributed by atoms with E-state index in [-0.39, 0.29) is 0 Å². The summed E-state index contributed by atoms with van der Waals surface area (Å²) in [6, 6.07) is 10.5. The van der Waals surface area contributed by atoms with Crippen LogP contribution in [0.1, 0.15) is 19.5 Å². The fourth-order valence-electron chi connectivity index (χ4n) is 2.15. The van der Waals surface area contributed by atoms with Gasteiger partial charge in [0.2, 0.25) is 0 Å². The third kappa shape index (κ3) is 2.40. The van der Waals surface area contributed by atoms with E-state index < -0.39 is 0 Å². The Labute approximate surface area is 117 Å². The van der Waals surface area contributed by atoms with E-state index >= 15 is 0 Å². The highest BCUT2D eigenvalue weighted by molar-refractivity contribution is 5.86. The highest BCUT2D eigenvalue weighted by Crippen LogP contribution is 2.20. The smallest absolute Gasteiger partial charge is 0.0959 e. The third-order valence-corrected chi connectivity index (χ3v) is 3.15. The van der Waals surface area contributed by atoms with Crippen LogP contribution in [0.5, 0.6) is 0 Å². The second-order valence-corrected chi connectivity index (χ2v) is 5.03. The van der Waals surface area contributed by atoms with E-state index in [9.17, 15) is 0 Å². The lowest BCUT2D eigenvalue weighted by atomic mass is 10.2. The van der Waals surface area contributed by atoms with Gasteiger partial charge in [0.15, 0.2) is 0 Å². The van der Waals surface area contributed by atoms with Gasteiger partial charge in [-0.2, -0.15) is 0 Å². The van der Waals surface area contributed by atoms with Crippen molar-refractivity contribution >= 4 is 10.9 Å². The van der Waals surface area contributed by atoms with Crippen molar-refractivity contribution < 1.29 is 0 Å². The van der Waals surface area contributed by atoms with Gasteiger partial charge in [-0.25, -0.2) is 4.68 Å². The maximum Gasteiger partial charge on any atom is 0.0959 e. The van der Waals surface area contributed by atoms with E-state index in [4.69, 9.17) is 0 Å². The summed E-state index contributed by atoms with van der Waals surface area (Å²) in [6.07, 6.45) is 3.59. The number of rotatable bonds is 4. The summed E-state index contributed by atoms with van der Waals surface area (Å²) >= 11 is 0. The molecule has 0 unspecified atom stereocenters. The van der Waals surface area contributed by atoms with E-state index in [1.54, 1.807) is 12.4 Å². The summed E-state index contributed by atoms with van der Waals surface area (Å²) in [5.41, 5.74) is 2.92. The molecule has 0 fully saturated rings. The van der Waals surface area contributed by atoms with Crippen LogP contribution in [0.25, 0.3) is 16.6 Å². The minimum Gasteiger partial charge on any atom is -0.309 e. The van der Waals surface area contributed by atoms with Gasteiger partial charge in [-0.15, -0.1) is 5.10 Å². The summed E-state index contributed by atoms with van der Waals surface area (Å²) < 4.78 is 1.85. The molecule has 2 aromatic heterocycles. The number of para-hydroxylation sites is 1. The van der Waals surface area contributed by atoms with Crippen LogP contribution < -0.4 is 5.32 Å². The summed E-state index contributed by atoms with van der Waals surface area (Å²) in [6.45, 7) is 4.97. The molecule has 3 aromatic rings. The first-order valence-electron chi connectivity index (χ1n) is 6.73. The van der Waals surface area contributed by atoms with Crippen molar-refractivity contribution in [3.05, 3.63) is 48.4 Å². The minimum absolute atomic E-state index is 0.420. The maximum absolute atomic E-state index is 4.46. The Morgan fingerprint density at radius 2 is 2.05 bits per heavy atom. The number of nitrogens with zero attached hydrogens (tertiary/aromatic N) is 4. The van der Waals surface area contributed by atoms with E-state index in [0.29, 0.717) is 6.04 Å². The molecule has 5 nitrogen and oxygen atoms in total. The van der Waals surface area contributed by atoms with Gasteiger partial charge in [0.1, 0.15) is 0 Å². The molecule has 0 saturated heterocycles. The lowest BCUT2D eigenvalue weighted by Crippen LogP contribution is -2.23. The van der Waals surface area contributed by atoms with Crippen LogP contribution in [-0.2, 0) is 6.54 Å². The molecule has 0 aliphatic rings. The molecule has 1 N–H and O–H groups in total. The first-order valence-corrected chi connectivity index (χ1v) is 6.73. The first kappa shape index (κ1) is 12.7. The number of hydrogen-bond acceptors (Lipinski definition) is 4. The Bertz CT molecular complexity index is 712. The Hall–Kier alpha value is -2.27. The van der Waals surface area contributed by atoms with Crippen molar-refractivity contribution in [2.24, 2.45) is 0 Å². The molecular weight excluding hydrogens is 250 g/mol. The molecule has 20 heavy (non-hydrogen) atoms. The fraction of sp³-hybridized carbons (Fsp3) is 0.267. The second kappa shape index (κ2) is 5.38.